The Labute approximate surface area is 176 Å². The molecule has 9 heteroatoms. The summed E-state index contributed by atoms with van der Waals surface area (Å²) < 4.78 is 5.66. The third kappa shape index (κ3) is 4.96. The first-order chi connectivity index (χ1) is 13.9. The van der Waals surface area contributed by atoms with Gasteiger partial charge in [0.15, 0.2) is 0 Å². The number of non-ortho nitro benzene ring substituents is 1. The molecular formula is C20H17ClN2O5S. The van der Waals surface area contributed by atoms with Crippen molar-refractivity contribution in [2.24, 2.45) is 0 Å². The lowest BCUT2D eigenvalue weighted by molar-refractivity contribution is -0.384. The maximum absolute atomic E-state index is 12.3. The van der Waals surface area contributed by atoms with Crippen molar-refractivity contribution in [3.63, 3.8) is 0 Å². The van der Waals surface area contributed by atoms with E-state index in [0.29, 0.717) is 39.8 Å². The molecule has 1 aliphatic rings. The zero-order chi connectivity index (χ0) is 21.0. The molecule has 1 fully saturated rings. The van der Waals surface area contributed by atoms with Gasteiger partial charge in [-0.3, -0.25) is 24.6 Å². The van der Waals surface area contributed by atoms with Crippen molar-refractivity contribution >= 4 is 46.3 Å². The molecule has 2 amide bonds. The molecule has 1 aliphatic heterocycles. The summed E-state index contributed by atoms with van der Waals surface area (Å²) in [7, 11) is 0. The number of halogens is 1. The van der Waals surface area contributed by atoms with Crippen molar-refractivity contribution in [1.29, 1.82) is 0 Å². The summed E-state index contributed by atoms with van der Waals surface area (Å²) in [5.74, 6) is 0.110. The molecule has 0 aromatic heterocycles. The van der Waals surface area contributed by atoms with Crippen LogP contribution in [-0.4, -0.2) is 27.5 Å². The molecule has 1 saturated heterocycles. The highest BCUT2D eigenvalue weighted by Gasteiger charge is 2.34. The van der Waals surface area contributed by atoms with Gasteiger partial charge in [0, 0.05) is 18.7 Å². The Morgan fingerprint density at radius 3 is 2.72 bits per heavy atom. The minimum absolute atomic E-state index is 0.00966. The van der Waals surface area contributed by atoms with Crippen molar-refractivity contribution in [1.82, 2.24) is 4.90 Å². The Kier molecular flexibility index (Phi) is 6.56. The lowest BCUT2D eigenvalue weighted by Crippen LogP contribution is -2.28. The van der Waals surface area contributed by atoms with Gasteiger partial charge in [0.25, 0.3) is 16.8 Å². The topological polar surface area (TPSA) is 89.8 Å². The van der Waals surface area contributed by atoms with Crippen molar-refractivity contribution in [3.05, 3.63) is 73.6 Å². The van der Waals surface area contributed by atoms with Crippen LogP contribution in [0.25, 0.3) is 6.08 Å². The van der Waals surface area contributed by atoms with Crippen LogP contribution in [-0.2, 0) is 11.4 Å². The maximum atomic E-state index is 12.3. The van der Waals surface area contributed by atoms with E-state index in [-0.39, 0.29) is 23.4 Å². The van der Waals surface area contributed by atoms with E-state index < -0.39 is 4.92 Å². The third-order valence-electron chi connectivity index (χ3n) is 4.09. The van der Waals surface area contributed by atoms with Crippen LogP contribution in [0.2, 0.25) is 5.02 Å². The van der Waals surface area contributed by atoms with Gasteiger partial charge in [-0.2, -0.15) is 0 Å². The largest absolute Gasteiger partial charge is 0.487 e. The lowest BCUT2D eigenvalue weighted by Gasteiger charge is -2.10. The van der Waals surface area contributed by atoms with E-state index in [0.717, 1.165) is 11.8 Å². The van der Waals surface area contributed by atoms with Crippen LogP contribution in [0.1, 0.15) is 24.5 Å². The Balaban J connectivity index is 1.71. The number of carbonyl (C=O) groups excluding carboxylic acids is 2. The van der Waals surface area contributed by atoms with E-state index in [4.69, 9.17) is 16.3 Å². The van der Waals surface area contributed by atoms with Gasteiger partial charge in [-0.15, -0.1) is 0 Å². The van der Waals surface area contributed by atoms with E-state index in [1.54, 1.807) is 36.4 Å². The molecule has 0 radical (unpaired) electrons. The predicted molar refractivity (Wildman–Crippen MR) is 112 cm³/mol. The molecule has 7 nitrogen and oxygen atoms in total. The molecule has 0 spiro atoms. The Hall–Kier alpha value is -2.84. The molecule has 2 aromatic carbocycles. The molecule has 0 bridgehead atoms. The third-order valence-corrected chi connectivity index (χ3v) is 5.29. The second-order valence-electron chi connectivity index (χ2n) is 6.24. The highest BCUT2D eigenvalue weighted by atomic mass is 35.5. The van der Waals surface area contributed by atoms with Gasteiger partial charge in [0.2, 0.25) is 0 Å². The number of imide groups is 1. The van der Waals surface area contributed by atoms with E-state index >= 15 is 0 Å². The SMILES string of the molecule is CCCN1C(=O)SC(=Cc2ccc(OCc3cccc([N+](=O)[O-])c3)c(Cl)c2)C1=O. The average molecular weight is 433 g/mol. The van der Waals surface area contributed by atoms with Crippen molar-refractivity contribution < 1.29 is 19.2 Å². The molecular weight excluding hydrogens is 416 g/mol. The quantitative estimate of drug-likeness (QED) is 0.336. The summed E-state index contributed by atoms with van der Waals surface area (Å²) >= 11 is 7.18. The fourth-order valence-corrected chi connectivity index (χ4v) is 3.82. The van der Waals surface area contributed by atoms with E-state index in [1.807, 2.05) is 6.92 Å². The van der Waals surface area contributed by atoms with Crippen LogP contribution >= 0.6 is 23.4 Å². The first kappa shape index (κ1) is 20.9. The van der Waals surface area contributed by atoms with Crippen molar-refractivity contribution in [2.75, 3.05) is 6.54 Å². The number of nitro groups is 1. The van der Waals surface area contributed by atoms with Crippen LogP contribution < -0.4 is 4.74 Å². The Morgan fingerprint density at radius 1 is 1.24 bits per heavy atom. The molecule has 0 atom stereocenters. The number of thioether (sulfide) groups is 1. The number of hydrogen-bond acceptors (Lipinski definition) is 6. The summed E-state index contributed by atoms with van der Waals surface area (Å²) in [6, 6.07) is 11.2. The normalized spacial score (nSPS) is 15.2. The highest BCUT2D eigenvalue weighted by Crippen LogP contribution is 2.34. The van der Waals surface area contributed by atoms with Crippen LogP contribution in [0.5, 0.6) is 5.75 Å². The number of ether oxygens (including phenoxy) is 1. The summed E-state index contributed by atoms with van der Waals surface area (Å²) in [5, 5.41) is 10.9. The number of amides is 2. The van der Waals surface area contributed by atoms with Gasteiger partial charge in [-0.1, -0.05) is 36.7 Å². The smallest absolute Gasteiger partial charge is 0.293 e. The Morgan fingerprint density at radius 2 is 2.03 bits per heavy atom. The minimum Gasteiger partial charge on any atom is -0.487 e. The van der Waals surface area contributed by atoms with Gasteiger partial charge < -0.3 is 4.74 Å². The van der Waals surface area contributed by atoms with Crippen molar-refractivity contribution in [2.45, 2.75) is 20.0 Å². The molecule has 29 heavy (non-hydrogen) atoms. The zero-order valence-corrected chi connectivity index (χ0v) is 17.0. The molecule has 1 heterocycles. The molecule has 0 unspecified atom stereocenters. The van der Waals surface area contributed by atoms with E-state index in [1.165, 1.54) is 17.0 Å². The Bertz CT molecular complexity index is 1010. The predicted octanol–water partition coefficient (Wildman–Crippen LogP) is 5.27. The molecule has 0 aliphatic carbocycles. The van der Waals surface area contributed by atoms with Gasteiger partial charge in [0.05, 0.1) is 14.9 Å². The number of carbonyl (C=O) groups is 2. The monoisotopic (exact) mass is 432 g/mol. The van der Waals surface area contributed by atoms with E-state index in [9.17, 15) is 19.7 Å². The van der Waals surface area contributed by atoms with Gasteiger partial charge >= 0.3 is 0 Å². The lowest BCUT2D eigenvalue weighted by atomic mass is 10.2. The molecule has 3 rings (SSSR count). The number of hydrogen-bond donors (Lipinski definition) is 0. The fourth-order valence-electron chi connectivity index (χ4n) is 2.71. The molecule has 150 valence electrons. The van der Waals surface area contributed by atoms with Crippen LogP contribution in [0, 0.1) is 10.1 Å². The highest BCUT2D eigenvalue weighted by molar-refractivity contribution is 8.18. The second-order valence-corrected chi connectivity index (χ2v) is 7.64. The molecule has 2 aromatic rings. The standard InChI is InChI=1S/C20H17ClN2O5S/c1-2-8-22-19(24)18(29-20(22)25)11-13-6-7-17(16(21)10-13)28-12-14-4-3-5-15(9-14)23(26)27/h3-7,9-11H,2,8,12H2,1H3. The summed E-state index contributed by atoms with van der Waals surface area (Å²) in [6.07, 6.45) is 2.32. The number of nitro benzene ring substituents is 1. The fraction of sp³-hybridized carbons (Fsp3) is 0.200. The molecule has 0 saturated carbocycles. The van der Waals surface area contributed by atoms with Crippen LogP contribution in [0.4, 0.5) is 10.5 Å². The van der Waals surface area contributed by atoms with Gasteiger partial charge in [-0.05, 0) is 47.5 Å². The van der Waals surface area contributed by atoms with E-state index in [2.05, 4.69) is 0 Å². The van der Waals surface area contributed by atoms with Gasteiger partial charge in [-0.25, -0.2) is 0 Å². The average Bonchev–Trinajstić information content (AvgIpc) is 2.95. The first-order valence-corrected chi connectivity index (χ1v) is 9.99. The zero-order valence-electron chi connectivity index (χ0n) is 15.5. The maximum Gasteiger partial charge on any atom is 0.293 e. The minimum atomic E-state index is -0.465. The van der Waals surface area contributed by atoms with Crippen molar-refractivity contribution in [3.8, 4) is 5.75 Å². The second kappa shape index (κ2) is 9.11. The van der Waals surface area contributed by atoms with Crippen LogP contribution in [0.15, 0.2) is 47.4 Å². The summed E-state index contributed by atoms with van der Waals surface area (Å²) in [4.78, 5) is 36.2. The number of nitrogens with zero attached hydrogens (tertiary/aromatic N) is 2. The van der Waals surface area contributed by atoms with Gasteiger partial charge in [0.1, 0.15) is 12.4 Å². The first-order valence-electron chi connectivity index (χ1n) is 8.80. The molecule has 0 N–H and O–H groups in total. The number of benzene rings is 2. The summed E-state index contributed by atoms with van der Waals surface area (Å²) in [5.41, 5.74) is 1.30. The number of rotatable bonds is 7. The summed E-state index contributed by atoms with van der Waals surface area (Å²) in [6.45, 7) is 2.42. The van der Waals surface area contributed by atoms with Crippen LogP contribution in [0.3, 0.4) is 0 Å².